The maximum absolute atomic E-state index is 4.77. The van der Waals surface area contributed by atoms with Crippen LogP contribution in [0.4, 0.5) is 5.69 Å². The second-order valence-electron chi connectivity index (χ2n) is 6.33. The van der Waals surface area contributed by atoms with E-state index < -0.39 is 0 Å². The number of nitrogens with one attached hydrogen (secondary N) is 1. The Morgan fingerprint density at radius 2 is 1.92 bits per heavy atom. The molecule has 0 amide bonds. The smallest absolute Gasteiger partial charge is 0.117 e. The maximum Gasteiger partial charge on any atom is 0.117 e. The van der Waals surface area contributed by atoms with Crippen molar-refractivity contribution in [1.82, 2.24) is 4.98 Å². The van der Waals surface area contributed by atoms with E-state index in [-0.39, 0.29) is 0 Å². The molecule has 0 radical (unpaired) electrons. The highest BCUT2D eigenvalue weighted by atomic mass is 32.2. The van der Waals surface area contributed by atoms with E-state index in [9.17, 15) is 0 Å². The molecule has 0 spiro atoms. The van der Waals surface area contributed by atoms with E-state index in [4.69, 9.17) is 4.98 Å². The fraction of sp³-hybridized carbons (Fsp3) is 0.190. The van der Waals surface area contributed by atoms with Crippen LogP contribution >= 0.6 is 23.1 Å². The molecule has 0 fully saturated rings. The fourth-order valence-corrected chi connectivity index (χ4v) is 4.75. The highest BCUT2D eigenvalue weighted by Crippen LogP contribution is 2.41. The summed E-state index contributed by atoms with van der Waals surface area (Å²) in [5, 5.41) is 5.79. The third-order valence-corrected chi connectivity index (χ3v) is 6.21. The normalized spacial score (nSPS) is 15.6. The van der Waals surface area contributed by atoms with Crippen molar-refractivity contribution < 1.29 is 0 Å². The quantitative estimate of drug-likeness (QED) is 0.555. The molecule has 2 heterocycles. The number of benzene rings is 2. The highest BCUT2D eigenvalue weighted by Gasteiger charge is 2.15. The number of thioether (sulfide) groups is 1. The summed E-state index contributed by atoms with van der Waals surface area (Å²) in [5.74, 6) is 0. The average molecular weight is 365 g/mol. The zero-order valence-corrected chi connectivity index (χ0v) is 16.2. The molecule has 1 aromatic heterocycles. The van der Waals surface area contributed by atoms with Crippen molar-refractivity contribution in [2.45, 2.75) is 32.1 Å². The van der Waals surface area contributed by atoms with Crippen LogP contribution in [0.25, 0.3) is 16.3 Å². The van der Waals surface area contributed by atoms with Crippen LogP contribution in [0.5, 0.6) is 0 Å². The molecule has 0 bridgehead atoms. The molecule has 3 aromatic rings. The van der Waals surface area contributed by atoms with Crippen LogP contribution in [-0.2, 0) is 0 Å². The number of hydrogen-bond donors (Lipinski definition) is 1. The molecule has 0 atom stereocenters. The first-order valence-corrected chi connectivity index (χ1v) is 10.1. The minimum atomic E-state index is 0.982. The summed E-state index contributed by atoms with van der Waals surface area (Å²) in [6.45, 7) is 6.43. The molecular weight excluding hydrogens is 344 g/mol. The van der Waals surface area contributed by atoms with Gasteiger partial charge in [0.2, 0.25) is 0 Å². The summed E-state index contributed by atoms with van der Waals surface area (Å²) >= 11 is 3.55. The molecule has 1 aliphatic rings. The van der Waals surface area contributed by atoms with Gasteiger partial charge in [-0.2, -0.15) is 0 Å². The van der Waals surface area contributed by atoms with Gasteiger partial charge in [-0.05, 0) is 73.4 Å². The van der Waals surface area contributed by atoms with E-state index >= 15 is 0 Å². The Labute approximate surface area is 156 Å². The number of aromatic nitrogens is 1. The SMILES string of the molecule is CCC(/C=C1/Nc2cc(C)ccc2S1)=C\c1nc2cc(C)ccc2s1. The molecule has 0 aliphatic carbocycles. The van der Waals surface area contributed by atoms with E-state index in [2.05, 4.69) is 74.6 Å². The number of thiazole rings is 1. The number of nitrogens with zero attached hydrogens (tertiary/aromatic N) is 1. The van der Waals surface area contributed by atoms with Crippen LogP contribution < -0.4 is 5.32 Å². The van der Waals surface area contributed by atoms with E-state index in [1.54, 1.807) is 23.1 Å². The third kappa shape index (κ3) is 3.51. The number of fused-ring (bicyclic) bond motifs is 2. The van der Waals surface area contributed by atoms with Gasteiger partial charge in [-0.25, -0.2) is 4.98 Å². The molecule has 0 saturated carbocycles. The molecule has 4 rings (SSSR count). The first kappa shape index (κ1) is 16.4. The van der Waals surface area contributed by atoms with Crippen LogP contribution in [0.2, 0.25) is 0 Å². The lowest BCUT2D eigenvalue weighted by atomic mass is 10.2. The van der Waals surface area contributed by atoms with Gasteiger partial charge in [-0.3, -0.25) is 0 Å². The van der Waals surface area contributed by atoms with E-state index in [1.807, 2.05) is 0 Å². The monoisotopic (exact) mass is 364 g/mol. The van der Waals surface area contributed by atoms with Crippen molar-refractivity contribution in [2.24, 2.45) is 0 Å². The van der Waals surface area contributed by atoms with Gasteiger partial charge in [-0.15, -0.1) is 11.3 Å². The first-order valence-electron chi connectivity index (χ1n) is 8.46. The molecule has 1 N–H and O–H groups in total. The van der Waals surface area contributed by atoms with Crippen molar-refractivity contribution in [2.75, 3.05) is 5.32 Å². The molecule has 126 valence electrons. The van der Waals surface area contributed by atoms with E-state index in [0.717, 1.165) is 16.9 Å². The molecular formula is C21H20N2S2. The Hall–Kier alpha value is -2.04. The highest BCUT2D eigenvalue weighted by molar-refractivity contribution is 8.03. The number of allylic oxidation sites excluding steroid dienone is 2. The van der Waals surface area contributed by atoms with Gasteiger partial charge in [-0.1, -0.05) is 30.8 Å². The molecule has 2 aromatic carbocycles. The Bertz CT molecular complexity index is 1010. The summed E-state index contributed by atoms with van der Waals surface area (Å²) in [7, 11) is 0. The summed E-state index contributed by atoms with van der Waals surface area (Å²) in [6, 6.07) is 13.0. The fourth-order valence-electron chi connectivity index (χ4n) is 2.86. The van der Waals surface area contributed by atoms with Gasteiger partial charge >= 0.3 is 0 Å². The summed E-state index contributed by atoms with van der Waals surface area (Å²) in [4.78, 5) is 6.07. The lowest BCUT2D eigenvalue weighted by molar-refractivity contribution is 1.16. The zero-order chi connectivity index (χ0) is 17.4. The number of rotatable bonds is 3. The van der Waals surface area contributed by atoms with Gasteiger partial charge in [0.05, 0.1) is 20.9 Å². The lowest BCUT2D eigenvalue weighted by Crippen LogP contribution is -1.90. The largest absolute Gasteiger partial charge is 0.349 e. The van der Waals surface area contributed by atoms with Gasteiger partial charge < -0.3 is 5.32 Å². The van der Waals surface area contributed by atoms with Gasteiger partial charge in [0.25, 0.3) is 0 Å². The minimum Gasteiger partial charge on any atom is -0.349 e. The molecule has 4 heteroatoms. The summed E-state index contributed by atoms with van der Waals surface area (Å²) < 4.78 is 1.25. The minimum absolute atomic E-state index is 0.982. The van der Waals surface area contributed by atoms with Gasteiger partial charge in [0.1, 0.15) is 5.01 Å². The Morgan fingerprint density at radius 3 is 2.76 bits per heavy atom. The number of hydrogen-bond acceptors (Lipinski definition) is 4. The van der Waals surface area contributed by atoms with Gasteiger partial charge in [0.15, 0.2) is 0 Å². The second kappa shape index (κ2) is 6.70. The van der Waals surface area contributed by atoms with Crippen LogP contribution in [0.3, 0.4) is 0 Å². The molecule has 0 saturated heterocycles. The van der Waals surface area contributed by atoms with Crippen molar-refractivity contribution in [3.63, 3.8) is 0 Å². The number of anilines is 1. The summed E-state index contributed by atoms with van der Waals surface area (Å²) in [5.41, 5.74) is 6.13. The van der Waals surface area contributed by atoms with Gasteiger partial charge in [0, 0.05) is 4.90 Å². The summed E-state index contributed by atoms with van der Waals surface area (Å²) in [6.07, 6.45) is 5.44. The topological polar surface area (TPSA) is 24.9 Å². The Kier molecular flexibility index (Phi) is 4.40. The molecule has 25 heavy (non-hydrogen) atoms. The number of aryl methyl sites for hydroxylation is 2. The van der Waals surface area contributed by atoms with Crippen molar-refractivity contribution >= 4 is 45.1 Å². The predicted molar refractivity (Wildman–Crippen MR) is 111 cm³/mol. The molecule has 1 aliphatic heterocycles. The second-order valence-corrected chi connectivity index (χ2v) is 8.48. The molecule has 2 nitrogen and oxygen atoms in total. The molecule has 0 unspecified atom stereocenters. The van der Waals surface area contributed by atoms with Crippen LogP contribution in [-0.4, -0.2) is 4.98 Å². The van der Waals surface area contributed by atoms with Crippen molar-refractivity contribution in [1.29, 1.82) is 0 Å². The van der Waals surface area contributed by atoms with Crippen LogP contribution in [0, 0.1) is 13.8 Å². The third-order valence-electron chi connectivity index (χ3n) is 4.21. The first-order chi connectivity index (χ1) is 12.1. The zero-order valence-electron chi connectivity index (χ0n) is 14.6. The Balaban J connectivity index is 1.62. The standard InChI is InChI=1S/C21H20N2S2/c1-4-15(11-20-22-16-9-13(2)5-7-18(16)24-20)12-21-23-17-10-14(3)6-8-19(17)25-21/h5-12,22H,4H2,1-3H3/b15-12+,20-11-. The maximum atomic E-state index is 4.77. The van der Waals surface area contributed by atoms with E-state index in [0.29, 0.717) is 0 Å². The Morgan fingerprint density at radius 1 is 1.12 bits per heavy atom. The van der Waals surface area contributed by atoms with Crippen LogP contribution in [0.1, 0.15) is 29.5 Å². The lowest BCUT2D eigenvalue weighted by Gasteiger charge is -2.01. The average Bonchev–Trinajstić information content (AvgIpc) is 3.16. The predicted octanol–water partition coefficient (Wildman–Crippen LogP) is 6.77. The van der Waals surface area contributed by atoms with Crippen LogP contribution in [0.15, 0.2) is 58.0 Å². The van der Waals surface area contributed by atoms with Crippen molar-refractivity contribution in [3.05, 3.63) is 69.2 Å². The van der Waals surface area contributed by atoms with E-state index in [1.165, 1.54) is 37.0 Å². The van der Waals surface area contributed by atoms with Crippen molar-refractivity contribution in [3.8, 4) is 0 Å².